The monoisotopic (exact) mass is 464 g/mol. The smallest absolute Gasteiger partial charge is 0.213 e. The summed E-state index contributed by atoms with van der Waals surface area (Å²) in [7, 11) is 1.59. The molecule has 1 unspecified atom stereocenters. The van der Waals surface area contributed by atoms with E-state index in [-0.39, 0.29) is 6.10 Å². The van der Waals surface area contributed by atoms with Gasteiger partial charge in [0.25, 0.3) is 0 Å². The van der Waals surface area contributed by atoms with Crippen LogP contribution in [0.3, 0.4) is 0 Å². The second-order valence-electron chi connectivity index (χ2n) is 7.91. The van der Waals surface area contributed by atoms with E-state index in [0.717, 1.165) is 28.0 Å². The molecule has 0 aliphatic carbocycles. The van der Waals surface area contributed by atoms with E-state index >= 15 is 0 Å². The molecule has 1 aliphatic heterocycles. The first kappa shape index (κ1) is 21.6. The quantitative estimate of drug-likeness (QED) is 0.404. The highest BCUT2D eigenvalue weighted by atomic mass is 35.5. The van der Waals surface area contributed by atoms with Gasteiger partial charge in [0, 0.05) is 53.1 Å². The molecule has 4 aromatic rings. The normalized spacial score (nSPS) is 16.2. The summed E-state index contributed by atoms with van der Waals surface area (Å²) in [6, 6.07) is 14.2. The van der Waals surface area contributed by atoms with E-state index in [1.807, 2.05) is 37.3 Å². The molecule has 1 atom stereocenters. The number of anilines is 1. The minimum Gasteiger partial charge on any atom is -0.481 e. The summed E-state index contributed by atoms with van der Waals surface area (Å²) < 4.78 is 26.2. The highest BCUT2D eigenvalue weighted by Crippen LogP contribution is 2.34. The molecule has 0 N–H and O–H groups in total. The maximum Gasteiger partial charge on any atom is 0.213 e. The van der Waals surface area contributed by atoms with Gasteiger partial charge >= 0.3 is 0 Å². The summed E-state index contributed by atoms with van der Waals surface area (Å²) in [5.74, 6) is 0.842. The fourth-order valence-electron chi connectivity index (χ4n) is 4.06. The summed E-state index contributed by atoms with van der Waals surface area (Å²) in [4.78, 5) is 15.9. The van der Waals surface area contributed by atoms with Crippen LogP contribution in [0.1, 0.15) is 17.4 Å². The third kappa shape index (κ3) is 4.34. The summed E-state index contributed by atoms with van der Waals surface area (Å²) >= 11 is 5.98. The Balaban J connectivity index is 1.57. The van der Waals surface area contributed by atoms with Gasteiger partial charge in [-0.05, 0) is 48.9 Å². The highest BCUT2D eigenvalue weighted by molar-refractivity contribution is 6.30. The Kier molecular flexibility index (Phi) is 5.83. The topological polar surface area (TPSA) is 60.4 Å². The number of fused-ring (bicyclic) bond motifs is 1. The van der Waals surface area contributed by atoms with Crippen molar-refractivity contribution in [3.63, 3.8) is 0 Å². The third-order valence-electron chi connectivity index (χ3n) is 5.73. The van der Waals surface area contributed by atoms with Crippen LogP contribution < -0.4 is 9.64 Å². The Morgan fingerprint density at radius 1 is 1.12 bits per heavy atom. The van der Waals surface area contributed by atoms with Crippen molar-refractivity contribution in [2.45, 2.75) is 13.0 Å². The molecule has 1 saturated heterocycles. The van der Waals surface area contributed by atoms with Crippen LogP contribution in [-0.4, -0.2) is 41.8 Å². The van der Waals surface area contributed by atoms with Crippen molar-refractivity contribution in [3.8, 4) is 17.1 Å². The lowest BCUT2D eigenvalue weighted by molar-refractivity contribution is 0.0393. The highest BCUT2D eigenvalue weighted by Gasteiger charge is 2.25. The van der Waals surface area contributed by atoms with Crippen LogP contribution in [-0.2, 0) is 4.74 Å². The molecular weight excluding hydrogens is 443 g/mol. The van der Waals surface area contributed by atoms with Crippen molar-refractivity contribution in [2.24, 2.45) is 0 Å². The number of morpholine rings is 1. The lowest BCUT2D eigenvalue weighted by Gasteiger charge is -2.34. The molecule has 1 fully saturated rings. The van der Waals surface area contributed by atoms with Gasteiger partial charge < -0.3 is 14.4 Å². The fourth-order valence-corrected chi connectivity index (χ4v) is 4.22. The van der Waals surface area contributed by atoms with Crippen LogP contribution in [0.25, 0.3) is 22.2 Å². The average molecular weight is 465 g/mol. The van der Waals surface area contributed by atoms with E-state index in [0.29, 0.717) is 41.9 Å². The molecule has 0 amide bonds. The van der Waals surface area contributed by atoms with Crippen molar-refractivity contribution in [1.82, 2.24) is 15.0 Å². The number of hydrogen-bond donors (Lipinski definition) is 0. The van der Waals surface area contributed by atoms with Gasteiger partial charge in [-0.1, -0.05) is 11.6 Å². The van der Waals surface area contributed by atoms with Crippen LogP contribution in [0, 0.1) is 12.7 Å². The number of ether oxygens (including phenoxy) is 2. The number of pyridine rings is 3. The van der Waals surface area contributed by atoms with Crippen LogP contribution >= 0.6 is 11.6 Å². The number of halogens is 2. The first-order chi connectivity index (χ1) is 16.0. The van der Waals surface area contributed by atoms with Gasteiger partial charge in [0.1, 0.15) is 17.7 Å². The van der Waals surface area contributed by atoms with Gasteiger partial charge in [-0.2, -0.15) is 0 Å². The number of rotatable bonds is 4. The van der Waals surface area contributed by atoms with Crippen molar-refractivity contribution in [1.29, 1.82) is 0 Å². The van der Waals surface area contributed by atoms with Crippen molar-refractivity contribution in [3.05, 3.63) is 76.8 Å². The average Bonchev–Trinajstić information content (AvgIpc) is 2.83. The van der Waals surface area contributed by atoms with Crippen LogP contribution in [0.15, 0.2) is 54.7 Å². The Morgan fingerprint density at radius 3 is 2.82 bits per heavy atom. The lowest BCUT2D eigenvalue weighted by Crippen LogP contribution is -2.39. The van der Waals surface area contributed by atoms with Gasteiger partial charge in [0.2, 0.25) is 5.88 Å². The van der Waals surface area contributed by atoms with Gasteiger partial charge in [-0.3, -0.25) is 4.98 Å². The number of aryl methyl sites for hydroxylation is 1. The Morgan fingerprint density at radius 2 is 2.00 bits per heavy atom. The zero-order valence-electron chi connectivity index (χ0n) is 18.3. The molecule has 33 heavy (non-hydrogen) atoms. The minimum atomic E-state index is -0.419. The zero-order chi connectivity index (χ0) is 22.9. The first-order valence-electron chi connectivity index (χ1n) is 10.6. The number of hydrogen-bond acceptors (Lipinski definition) is 6. The van der Waals surface area contributed by atoms with Gasteiger partial charge in [-0.25, -0.2) is 14.4 Å². The Bertz CT molecular complexity index is 1330. The first-order valence-corrected chi connectivity index (χ1v) is 11.0. The van der Waals surface area contributed by atoms with E-state index < -0.39 is 5.82 Å². The van der Waals surface area contributed by atoms with Crippen molar-refractivity contribution < 1.29 is 13.9 Å². The largest absolute Gasteiger partial charge is 0.481 e. The van der Waals surface area contributed by atoms with Crippen LogP contribution in [0.4, 0.5) is 10.2 Å². The molecule has 4 heterocycles. The van der Waals surface area contributed by atoms with Crippen LogP contribution in [0.2, 0.25) is 5.02 Å². The molecule has 5 rings (SSSR count). The molecule has 0 bridgehead atoms. The van der Waals surface area contributed by atoms with Gasteiger partial charge in [0.05, 0.1) is 24.9 Å². The Labute approximate surface area is 196 Å². The lowest BCUT2D eigenvalue weighted by atomic mass is 10.0. The molecule has 1 aromatic carbocycles. The summed E-state index contributed by atoms with van der Waals surface area (Å²) in [5.41, 5.74) is 3.55. The minimum absolute atomic E-state index is 0.172. The van der Waals surface area contributed by atoms with E-state index in [1.165, 1.54) is 6.07 Å². The molecule has 6 nitrogen and oxygen atoms in total. The SMILES string of the molecule is COc1cc(C2CN(c3cc4nc(C)ccc4c(-c4ccc(Cl)cc4F)n3)CCO2)ccn1. The molecule has 1 aliphatic rings. The standard InChI is InChI=1S/C25H22ClFN4O2/c1-15-3-5-19-21(29-15)13-23(30-25(19)18-6-4-17(26)12-20(18)27)31-9-10-33-22(14-31)16-7-8-28-24(11-16)32-2/h3-8,11-13,22H,9-10,14H2,1-2H3. The third-order valence-corrected chi connectivity index (χ3v) is 5.96. The van der Waals surface area contributed by atoms with E-state index in [1.54, 1.807) is 25.4 Å². The summed E-state index contributed by atoms with van der Waals surface area (Å²) in [6.45, 7) is 3.70. The maximum atomic E-state index is 14.9. The van der Waals surface area contributed by atoms with E-state index in [4.69, 9.17) is 31.0 Å². The molecule has 168 valence electrons. The summed E-state index contributed by atoms with van der Waals surface area (Å²) in [6.07, 6.45) is 1.54. The molecular formula is C25H22ClFN4O2. The molecule has 8 heteroatoms. The molecule has 0 spiro atoms. The van der Waals surface area contributed by atoms with Gasteiger partial charge in [-0.15, -0.1) is 0 Å². The number of benzene rings is 1. The number of aromatic nitrogens is 3. The Hall–Kier alpha value is -3.29. The van der Waals surface area contributed by atoms with Gasteiger partial charge in [0.15, 0.2) is 0 Å². The van der Waals surface area contributed by atoms with E-state index in [9.17, 15) is 4.39 Å². The number of methoxy groups -OCH3 is 1. The predicted octanol–water partition coefficient (Wildman–Crippen LogP) is 5.38. The number of nitrogens with zero attached hydrogens (tertiary/aromatic N) is 4. The molecule has 0 saturated carbocycles. The fraction of sp³-hybridized carbons (Fsp3) is 0.240. The van der Waals surface area contributed by atoms with E-state index in [2.05, 4.69) is 9.88 Å². The van der Waals surface area contributed by atoms with Crippen LogP contribution in [0.5, 0.6) is 5.88 Å². The maximum absolute atomic E-state index is 14.9. The summed E-state index contributed by atoms with van der Waals surface area (Å²) in [5, 5.41) is 1.13. The van der Waals surface area contributed by atoms with Crippen molar-refractivity contribution >= 4 is 28.3 Å². The zero-order valence-corrected chi connectivity index (χ0v) is 19.0. The predicted molar refractivity (Wildman–Crippen MR) is 126 cm³/mol. The second kappa shape index (κ2) is 8.92. The molecule has 0 radical (unpaired) electrons. The second-order valence-corrected chi connectivity index (χ2v) is 8.35. The van der Waals surface area contributed by atoms with Crippen molar-refractivity contribution in [2.75, 3.05) is 31.7 Å². The molecule has 3 aromatic heterocycles.